The van der Waals surface area contributed by atoms with Crippen LogP contribution in [0, 0.1) is 11.6 Å². The van der Waals surface area contributed by atoms with Gasteiger partial charge >= 0.3 is 0 Å². The molecule has 0 radical (unpaired) electrons. The lowest BCUT2D eigenvalue weighted by molar-refractivity contribution is 0.0735. The van der Waals surface area contributed by atoms with Gasteiger partial charge in [-0.15, -0.1) is 0 Å². The number of amides is 1. The van der Waals surface area contributed by atoms with E-state index in [1.54, 1.807) is 4.90 Å². The Hall–Kier alpha value is -1.49. The number of hydrogen-bond acceptors (Lipinski definition) is 2. The number of halogens is 2. The zero-order chi connectivity index (χ0) is 14.5. The maximum atomic E-state index is 13.7. The predicted molar refractivity (Wildman–Crippen MR) is 73.6 cm³/mol. The Labute approximate surface area is 118 Å². The smallest absolute Gasteiger partial charge is 0.256 e. The Bertz CT molecular complexity index is 473. The van der Waals surface area contributed by atoms with E-state index in [-0.39, 0.29) is 11.6 Å². The van der Waals surface area contributed by atoms with Gasteiger partial charge in [-0.05, 0) is 38.4 Å². The molecule has 0 saturated carbocycles. The van der Waals surface area contributed by atoms with Crippen LogP contribution in [0.4, 0.5) is 8.78 Å². The highest BCUT2D eigenvalue weighted by atomic mass is 19.2. The van der Waals surface area contributed by atoms with Crippen LogP contribution in [0.1, 0.15) is 36.5 Å². The van der Waals surface area contributed by atoms with Gasteiger partial charge in [-0.25, -0.2) is 8.78 Å². The summed E-state index contributed by atoms with van der Waals surface area (Å²) in [6, 6.07) is 3.95. The molecule has 0 aliphatic carbocycles. The molecule has 5 heteroatoms. The molecule has 1 heterocycles. The number of carbonyl (C=O) groups is 1. The normalized spacial score (nSPS) is 18.9. The lowest BCUT2D eigenvalue weighted by atomic mass is 10.0. The fraction of sp³-hybridized carbons (Fsp3) is 0.533. The molecule has 1 aliphatic rings. The predicted octanol–water partition coefficient (Wildman–Crippen LogP) is 2.57. The van der Waals surface area contributed by atoms with E-state index in [0.29, 0.717) is 13.1 Å². The zero-order valence-electron chi connectivity index (χ0n) is 11.7. The van der Waals surface area contributed by atoms with Gasteiger partial charge in [-0.3, -0.25) is 4.79 Å². The van der Waals surface area contributed by atoms with Gasteiger partial charge < -0.3 is 10.2 Å². The number of carbonyl (C=O) groups excluding carboxylic acids is 1. The van der Waals surface area contributed by atoms with E-state index >= 15 is 0 Å². The molecule has 1 unspecified atom stereocenters. The first-order chi connectivity index (χ1) is 9.63. The van der Waals surface area contributed by atoms with Crippen molar-refractivity contribution in [3.63, 3.8) is 0 Å². The maximum Gasteiger partial charge on any atom is 0.256 e. The van der Waals surface area contributed by atoms with Crippen LogP contribution in [0.25, 0.3) is 0 Å². The van der Waals surface area contributed by atoms with Crippen LogP contribution in [0.2, 0.25) is 0 Å². The second-order valence-corrected chi connectivity index (χ2v) is 5.09. The van der Waals surface area contributed by atoms with E-state index in [0.717, 1.165) is 31.9 Å². The van der Waals surface area contributed by atoms with Crippen molar-refractivity contribution in [3.8, 4) is 0 Å². The number of hydrogen-bond donors (Lipinski definition) is 1. The third kappa shape index (κ3) is 3.33. The van der Waals surface area contributed by atoms with Gasteiger partial charge in [0.05, 0.1) is 5.56 Å². The van der Waals surface area contributed by atoms with Gasteiger partial charge in [-0.1, -0.05) is 12.5 Å². The number of piperidine rings is 1. The summed E-state index contributed by atoms with van der Waals surface area (Å²) in [5.41, 5.74) is -0.192. The van der Waals surface area contributed by atoms with Gasteiger partial charge in [-0.2, -0.15) is 0 Å². The number of likely N-dealkylation sites (N-methyl/N-ethyl adjacent to an activating group) is 1. The van der Waals surface area contributed by atoms with Gasteiger partial charge in [0.1, 0.15) is 0 Å². The fourth-order valence-electron chi connectivity index (χ4n) is 2.54. The maximum absolute atomic E-state index is 13.7. The molecule has 0 spiro atoms. The van der Waals surface area contributed by atoms with E-state index in [4.69, 9.17) is 0 Å². The first-order valence-electron chi connectivity index (χ1n) is 7.10. The van der Waals surface area contributed by atoms with E-state index < -0.39 is 17.5 Å². The number of rotatable bonds is 4. The first-order valence-corrected chi connectivity index (χ1v) is 7.10. The largest absolute Gasteiger partial charge is 0.337 e. The zero-order valence-corrected chi connectivity index (χ0v) is 11.7. The molecule has 2 rings (SSSR count). The molecule has 0 aromatic heterocycles. The van der Waals surface area contributed by atoms with Crippen molar-refractivity contribution in [2.75, 3.05) is 19.6 Å². The molecule has 1 atom stereocenters. The highest BCUT2D eigenvalue weighted by Crippen LogP contribution is 2.15. The molecule has 1 fully saturated rings. The second kappa shape index (κ2) is 6.79. The molecular weight excluding hydrogens is 262 g/mol. The van der Waals surface area contributed by atoms with Crippen LogP contribution in [0.5, 0.6) is 0 Å². The molecule has 0 bridgehead atoms. The van der Waals surface area contributed by atoms with Gasteiger partial charge in [0, 0.05) is 19.1 Å². The summed E-state index contributed by atoms with van der Waals surface area (Å²) in [4.78, 5) is 13.9. The number of nitrogens with one attached hydrogen (secondary N) is 1. The summed E-state index contributed by atoms with van der Waals surface area (Å²) in [5.74, 6) is -2.49. The standard InChI is InChI=1S/C15H20F2N2O/c1-2-19(10-11-6-3-4-9-18-11)15(20)12-7-5-8-13(16)14(12)17/h5,7-8,11,18H,2-4,6,9-10H2,1H3. The number of benzene rings is 1. The monoisotopic (exact) mass is 282 g/mol. The lowest BCUT2D eigenvalue weighted by Gasteiger charge is -2.30. The van der Waals surface area contributed by atoms with Crippen molar-refractivity contribution in [2.45, 2.75) is 32.2 Å². The van der Waals surface area contributed by atoms with Crippen LogP contribution in [0.15, 0.2) is 18.2 Å². The molecule has 1 amide bonds. The Morgan fingerprint density at radius 3 is 2.85 bits per heavy atom. The fourth-order valence-corrected chi connectivity index (χ4v) is 2.54. The quantitative estimate of drug-likeness (QED) is 0.920. The van der Waals surface area contributed by atoms with E-state index in [1.807, 2.05) is 6.92 Å². The third-order valence-electron chi connectivity index (χ3n) is 3.70. The molecule has 3 nitrogen and oxygen atoms in total. The average molecular weight is 282 g/mol. The second-order valence-electron chi connectivity index (χ2n) is 5.09. The van der Waals surface area contributed by atoms with E-state index in [1.165, 1.54) is 12.1 Å². The Balaban J connectivity index is 2.10. The van der Waals surface area contributed by atoms with Crippen molar-refractivity contribution in [2.24, 2.45) is 0 Å². The van der Waals surface area contributed by atoms with Crippen molar-refractivity contribution in [1.82, 2.24) is 10.2 Å². The highest BCUT2D eigenvalue weighted by Gasteiger charge is 2.23. The van der Waals surface area contributed by atoms with E-state index in [2.05, 4.69) is 5.32 Å². The molecular formula is C15H20F2N2O. The molecule has 110 valence electrons. The Morgan fingerprint density at radius 1 is 1.40 bits per heavy atom. The molecule has 1 saturated heterocycles. The van der Waals surface area contributed by atoms with Crippen molar-refractivity contribution < 1.29 is 13.6 Å². The molecule has 1 aromatic carbocycles. The summed E-state index contributed by atoms with van der Waals surface area (Å²) in [6.45, 7) is 3.81. The number of nitrogens with zero attached hydrogens (tertiary/aromatic N) is 1. The van der Waals surface area contributed by atoms with Crippen LogP contribution < -0.4 is 5.32 Å². The summed E-state index contributed by atoms with van der Waals surface area (Å²) in [5, 5.41) is 3.35. The topological polar surface area (TPSA) is 32.3 Å². The van der Waals surface area contributed by atoms with Crippen LogP contribution in [0.3, 0.4) is 0 Å². The first kappa shape index (κ1) is 14.9. The minimum Gasteiger partial charge on any atom is -0.337 e. The summed E-state index contributed by atoms with van der Waals surface area (Å²) in [6.07, 6.45) is 3.29. The molecule has 1 aliphatic heterocycles. The third-order valence-corrected chi connectivity index (χ3v) is 3.70. The Kier molecular flexibility index (Phi) is 5.06. The average Bonchev–Trinajstić information content (AvgIpc) is 2.48. The minimum atomic E-state index is -1.06. The van der Waals surface area contributed by atoms with Crippen LogP contribution in [-0.4, -0.2) is 36.5 Å². The van der Waals surface area contributed by atoms with Crippen molar-refractivity contribution in [3.05, 3.63) is 35.4 Å². The molecule has 1 N–H and O–H groups in total. The highest BCUT2D eigenvalue weighted by molar-refractivity contribution is 5.94. The summed E-state index contributed by atoms with van der Waals surface area (Å²) < 4.78 is 26.9. The van der Waals surface area contributed by atoms with Gasteiger partial charge in [0.2, 0.25) is 0 Å². The van der Waals surface area contributed by atoms with Crippen molar-refractivity contribution in [1.29, 1.82) is 0 Å². The molecule has 20 heavy (non-hydrogen) atoms. The Morgan fingerprint density at radius 2 is 2.20 bits per heavy atom. The van der Waals surface area contributed by atoms with Crippen LogP contribution >= 0.6 is 0 Å². The van der Waals surface area contributed by atoms with Gasteiger partial charge in [0.15, 0.2) is 11.6 Å². The summed E-state index contributed by atoms with van der Waals surface area (Å²) in [7, 11) is 0. The SMILES string of the molecule is CCN(CC1CCCCN1)C(=O)c1cccc(F)c1F. The lowest BCUT2D eigenvalue weighted by Crippen LogP contribution is -2.45. The van der Waals surface area contributed by atoms with E-state index in [9.17, 15) is 13.6 Å². The molecule has 1 aromatic rings. The van der Waals surface area contributed by atoms with Crippen LogP contribution in [-0.2, 0) is 0 Å². The van der Waals surface area contributed by atoms with Crippen molar-refractivity contribution >= 4 is 5.91 Å². The van der Waals surface area contributed by atoms with Gasteiger partial charge in [0.25, 0.3) is 5.91 Å². The minimum absolute atomic E-state index is 0.192. The summed E-state index contributed by atoms with van der Waals surface area (Å²) >= 11 is 0.